The van der Waals surface area contributed by atoms with Gasteiger partial charge in [-0.3, -0.25) is 4.79 Å². The molecule has 2 N–H and O–H groups in total. The van der Waals surface area contributed by atoms with Crippen molar-refractivity contribution in [2.75, 3.05) is 17.6 Å². The summed E-state index contributed by atoms with van der Waals surface area (Å²) in [6, 6.07) is 4.17. The number of thiophene rings is 1. The highest BCUT2D eigenvalue weighted by atomic mass is 32.2. The summed E-state index contributed by atoms with van der Waals surface area (Å²) >= 11 is 4.31. The van der Waals surface area contributed by atoms with Crippen LogP contribution in [0.4, 0.5) is 5.13 Å². The molecule has 0 aliphatic rings. The largest absolute Gasteiger partial charge is 0.481 e. The average Bonchev–Trinajstić information content (AvgIpc) is 3.06. The van der Waals surface area contributed by atoms with Crippen LogP contribution in [0.25, 0.3) is 0 Å². The van der Waals surface area contributed by atoms with E-state index >= 15 is 0 Å². The second-order valence-corrected chi connectivity index (χ2v) is 7.92. The van der Waals surface area contributed by atoms with Crippen molar-refractivity contribution in [3.05, 3.63) is 22.4 Å². The molecule has 0 aromatic carbocycles. The summed E-state index contributed by atoms with van der Waals surface area (Å²) in [6.07, 6.45) is 0. The Morgan fingerprint density at radius 1 is 1.50 bits per heavy atom. The fraction of sp³-hybridized carbons (Fsp3) is 0.417. The smallest absolute Gasteiger partial charge is 0.313 e. The second kappa shape index (κ2) is 6.55. The number of hydrogen-bond acceptors (Lipinski definition) is 7. The Bertz CT molecular complexity index is 566. The average molecular weight is 329 g/mol. The number of carboxylic acid groups (broad SMARTS) is 1. The molecule has 0 amide bonds. The maximum atomic E-state index is 10.5. The van der Waals surface area contributed by atoms with Crippen molar-refractivity contribution >= 4 is 45.5 Å². The molecular formula is C12H15N3O2S3. The van der Waals surface area contributed by atoms with Gasteiger partial charge in [0.05, 0.1) is 5.75 Å². The van der Waals surface area contributed by atoms with E-state index in [9.17, 15) is 4.79 Å². The number of hydrogen-bond donors (Lipinski definition) is 2. The lowest BCUT2D eigenvalue weighted by Gasteiger charge is -2.23. The Labute approximate surface area is 129 Å². The first-order chi connectivity index (χ1) is 9.47. The fourth-order valence-corrected chi connectivity index (χ4v) is 3.83. The van der Waals surface area contributed by atoms with Crippen molar-refractivity contribution < 1.29 is 9.90 Å². The zero-order chi connectivity index (χ0) is 14.6. The van der Waals surface area contributed by atoms with Crippen molar-refractivity contribution in [3.8, 4) is 0 Å². The molecule has 0 saturated heterocycles. The van der Waals surface area contributed by atoms with Crippen molar-refractivity contribution in [2.45, 2.75) is 23.6 Å². The van der Waals surface area contributed by atoms with E-state index in [4.69, 9.17) is 5.11 Å². The van der Waals surface area contributed by atoms with Crippen LogP contribution in [0.5, 0.6) is 0 Å². The maximum Gasteiger partial charge on any atom is 0.313 e. The molecule has 20 heavy (non-hydrogen) atoms. The molecule has 0 aliphatic heterocycles. The number of nitrogens with zero attached hydrogens (tertiary/aromatic N) is 2. The molecule has 0 unspecified atom stereocenters. The number of aromatic nitrogens is 2. The van der Waals surface area contributed by atoms with Crippen LogP contribution in [-0.4, -0.2) is 33.6 Å². The number of aliphatic carboxylic acids is 1. The summed E-state index contributed by atoms with van der Waals surface area (Å²) < 4.78 is 0.670. The molecule has 0 bridgehead atoms. The Hall–Kier alpha value is -1.12. The summed E-state index contributed by atoms with van der Waals surface area (Å²) in [5, 5.41) is 22.7. The number of carboxylic acids is 1. The van der Waals surface area contributed by atoms with Gasteiger partial charge in [-0.2, -0.15) is 0 Å². The van der Waals surface area contributed by atoms with Gasteiger partial charge in [0.1, 0.15) is 0 Å². The monoisotopic (exact) mass is 329 g/mol. The van der Waals surface area contributed by atoms with Crippen molar-refractivity contribution in [1.29, 1.82) is 0 Å². The molecule has 2 aromatic heterocycles. The molecule has 0 spiro atoms. The van der Waals surface area contributed by atoms with E-state index in [1.807, 2.05) is 6.07 Å². The Morgan fingerprint density at radius 2 is 2.30 bits per heavy atom. The SMILES string of the molecule is CC(C)(CNc1nnc(SCC(=O)O)s1)c1cccs1. The Kier molecular flexibility index (Phi) is 5.00. The third kappa shape index (κ3) is 4.19. The molecule has 0 aliphatic carbocycles. The van der Waals surface area contributed by atoms with E-state index in [1.165, 1.54) is 28.0 Å². The number of thioether (sulfide) groups is 1. The van der Waals surface area contributed by atoms with E-state index in [-0.39, 0.29) is 11.2 Å². The second-order valence-electron chi connectivity index (χ2n) is 4.77. The number of anilines is 1. The first-order valence-corrected chi connectivity index (χ1v) is 8.61. The molecule has 0 saturated carbocycles. The third-order valence-corrected chi connectivity index (χ3v) is 5.83. The Morgan fingerprint density at radius 3 is 2.95 bits per heavy atom. The quantitative estimate of drug-likeness (QED) is 0.760. The maximum absolute atomic E-state index is 10.5. The first-order valence-electron chi connectivity index (χ1n) is 5.93. The van der Waals surface area contributed by atoms with Gasteiger partial charge in [-0.15, -0.1) is 21.5 Å². The number of rotatable bonds is 7. The summed E-state index contributed by atoms with van der Waals surface area (Å²) in [4.78, 5) is 11.8. The van der Waals surface area contributed by atoms with E-state index < -0.39 is 5.97 Å². The summed E-state index contributed by atoms with van der Waals surface area (Å²) in [7, 11) is 0. The normalized spacial score (nSPS) is 11.5. The minimum atomic E-state index is -0.849. The van der Waals surface area contributed by atoms with E-state index in [1.54, 1.807) is 11.3 Å². The van der Waals surface area contributed by atoms with Crippen LogP contribution in [0, 0.1) is 0 Å². The van der Waals surface area contributed by atoms with Gasteiger partial charge in [-0.25, -0.2) is 0 Å². The zero-order valence-electron chi connectivity index (χ0n) is 11.1. The third-order valence-electron chi connectivity index (χ3n) is 2.60. The number of nitrogens with one attached hydrogen (secondary N) is 1. The fourth-order valence-electron chi connectivity index (χ4n) is 1.51. The van der Waals surface area contributed by atoms with Gasteiger partial charge in [0.15, 0.2) is 4.34 Å². The van der Waals surface area contributed by atoms with E-state index in [2.05, 4.69) is 40.8 Å². The van der Waals surface area contributed by atoms with Crippen molar-refractivity contribution in [3.63, 3.8) is 0 Å². The van der Waals surface area contributed by atoms with Crippen LogP contribution in [0.2, 0.25) is 0 Å². The molecule has 2 aromatic rings. The standard InChI is InChI=1S/C12H15N3O2S3/c1-12(2,8-4-3-5-18-8)7-13-10-14-15-11(20-10)19-6-9(16)17/h3-5H,6-7H2,1-2H3,(H,13,14)(H,16,17). The molecule has 0 atom stereocenters. The van der Waals surface area contributed by atoms with Crippen LogP contribution in [-0.2, 0) is 10.2 Å². The summed E-state index contributed by atoms with van der Waals surface area (Å²) in [5.41, 5.74) is 0.0220. The van der Waals surface area contributed by atoms with Crippen molar-refractivity contribution in [2.24, 2.45) is 0 Å². The first kappa shape index (κ1) is 15.3. The minimum Gasteiger partial charge on any atom is -0.481 e. The van der Waals surface area contributed by atoms with E-state index in [0.717, 1.165) is 11.7 Å². The highest BCUT2D eigenvalue weighted by molar-refractivity contribution is 8.01. The highest BCUT2D eigenvalue weighted by Crippen LogP contribution is 2.29. The predicted molar refractivity (Wildman–Crippen MR) is 84.1 cm³/mol. The minimum absolute atomic E-state index is 0.00925. The lowest BCUT2D eigenvalue weighted by molar-refractivity contribution is -0.133. The molecule has 108 valence electrons. The van der Waals surface area contributed by atoms with Gasteiger partial charge < -0.3 is 10.4 Å². The van der Waals surface area contributed by atoms with Crippen LogP contribution < -0.4 is 5.32 Å². The lowest BCUT2D eigenvalue weighted by Crippen LogP contribution is -2.26. The lowest BCUT2D eigenvalue weighted by atomic mass is 9.92. The summed E-state index contributed by atoms with van der Waals surface area (Å²) in [6.45, 7) is 5.10. The van der Waals surface area contributed by atoms with Gasteiger partial charge in [0.25, 0.3) is 0 Å². The Balaban J connectivity index is 1.89. The highest BCUT2D eigenvalue weighted by Gasteiger charge is 2.22. The van der Waals surface area contributed by atoms with Crippen LogP contribution >= 0.6 is 34.4 Å². The molecular weight excluding hydrogens is 314 g/mol. The van der Waals surface area contributed by atoms with E-state index in [0.29, 0.717) is 4.34 Å². The van der Waals surface area contributed by atoms with Gasteiger partial charge in [0, 0.05) is 16.8 Å². The molecule has 2 rings (SSSR count). The van der Waals surface area contributed by atoms with Gasteiger partial charge in [0.2, 0.25) is 5.13 Å². The molecule has 0 radical (unpaired) electrons. The topological polar surface area (TPSA) is 75.1 Å². The molecule has 2 heterocycles. The molecule has 8 heteroatoms. The molecule has 5 nitrogen and oxygen atoms in total. The van der Waals surface area contributed by atoms with Crippen LogP contribution in [0.15, 0.2) is 21.9 Å². The molecule has 0 fully saturated rings. The van der Waals surface area contributed by atoms with Crippen LogP contribution in [0.1, 0.15) is 18.7 Å². The predicted octanol–water partition coefficient (Wildman–Crippen LogP) is 3.17. The van der Waals surface area contributed by atoms with Gasteiger partial charge in [-0.05, 0) is 11.4 Å². The van der Waals surface area contributed by atoms with Crippen LogP contribution in [0.3, 0.4) is 0 Å². The summed E-state index contributed by atoms with van der Waals surface area (Å²) in [5.74, 6) is -0.839. The number of carbonyl (C=O) groups is 1. The van der Waals surface area contributed by atoms with Crippen molar-refractivity contribution in [1.82, 2.24) is 10.2 Å². The van der Waals surface area contributed by atoms with Gasteiger partial charge >= 0.3 is 5.97 Å². The van der Waals surface area contributed by atoms with Gasteiger partial charge in [-0.1, -0.05) is 43.0 Å². The zero-order valence-corrected chi connectivity index (χ0v) is 13.6.